The van der Waals surface area contributed by atoms with Crippen LogP contribution in [0.2, 0.25) is 0 Å². The van der Waals surface area contributed by atoms with Crippen molar-refractivity contribution in [3.8, 4) is 5.75 Å². The predicted molar refractivity (Wildman–Crippen MR) is 94.2 cm³/mol. The minimum atomic E-state index is -1.82. The second kappa shape index (κ2) is 8.61. The number of para-hydroxylation sites is 1. The van der Waals surface area contributed by atoms with Gasteiger partial charge in [0.05, 0.1) is 12.1 Å². The molecular formula is C18H19N3O5. The Hall–Kier alpha value is -3.42. The van der Waals surface area contributed by atoms with E-state index in [4.69, 9.17) is 24.5 Å². The van der Waals surface area contributed by atoms with E-state index in [1.807, 2.05) is 35.0 Å². The second-order valence-electron chi connectivity index (χ2n) is 5.53. The largest absolute Gasteiger partial charge is 0.491 e. The van der Waals surface area contributed by atoms with Crippen LogP contribution in [0.4, 0.5) is 0 Å². The topological polar surface area (TPSA) is 115 Å². The monoisotopic (exact) mass is 357 g/mol. The molecule has 0 amide bonds. The van der Waals surface area contributed by atoms with Crippen molar-refractivity contribution in [1.29, 1.82) is 0 Å². The molecule has 0 spiro atoms. The Kier molecular flexibility index (Phi) is 6.26. The first-order valence-corrected chi connectivity index (χ1v) is 7.83. The van der Waals surface area contributed by atoms with Crippen LogP contribution in [0.1, 0.15) is 11.1 Å². The average Bonchev–Trinajstić information content (AvgIpc) is 3.01. The molecule has 3 rings (SSSR count). The molecule has 2 aromatic carbocycles. The van der Waals surface area contributed by atoms with E-state index in [1.54, 1.807) is 0 Å². The normalized spacial score (nSPS) is 10.1. The molecule has 8 nitrogen and oxygen atoms in total. The standard InChI is InChI=1S/C16H17N3O.C2H2O4/c1-12-7-8-16(13(2)11-12)20-10-9-19-15-6-4-3-5-14(15)17-18-19;3-1(4)2(5)6/h3-8,11H,9-10H2,1-2H3;(H,3,4)(H,5,6). The van der Waals surface area contributed by atoms with Crippen molar-refractivity contribution < 1.29 is 24.5 Å². The summed E-state index contributed by atoms with van der Waals surface area (Å²) in [6.45, 7) is 5.41. The maximum Gasteiger partial charge on any atom is 0.414 e. The highest BCUT2D eigenvalue weighted by Crippen LogP contribution is 2.18. The lowest BCUT2D eigenvalue weighted by Gasteiger charge is -2.09. The lowest BCUT2D eigenvalue weighted by molar-refractivity contribution is -0.159. The molecule has 0 atom stereocenters. The Morgan fingerprint density at radius 3 is 2.42 bits per heavy atom. The molecule has 3 aromatic rings. The highest BCUT2D eigenvalue weighted by molar-refractivity contribution is 6.27. The smallest absolute Gasteiger partial charge is 0.414 e. The van der Waals surface area contributed by atoms with E-state index in [1.165, 1.54) is 5.56 Å². The van der Waals surface area contributed by atoms with E-state index in [9.17, 15) is 0 Å². The third kappa shape index (κ3) is 5.04. The van der Waals surface area contributed by atoms with Gasteiger partial charge in [-0.3, -0.25) is 0 Å². The van der Waals surface area contributed by atoms with Crippen molar-refractivity contribution >= 4 is 23.0 Å². The third-order valence-electron chi connectivity index (χ3n) is 3.49. The fourth-order valence-electron chi connectivity index (χ4n) is 2.29. The first-order chi connectivity index (χ1) is 12.4. The van der Waals surface area contributed by atoms with Gasteiger partial charge in [-0.05, 0) is 37.6 Å². The average molecular weight is 357 g/mol. The first-order valence-electron chi connectivity index (χ1n) is 7.83. The van der Waals surface area contributed by atoms with Gasteiger partial charge in [-0.2, -0.15) is 0 Å². The van der Waals surface area contributed by atoms with Gasteiger partial charge in [-0.15, -0.1) is 5.10 Å². The Morgan fingerprint density at radius 2 is 1.77 bits per heavy atom. The number of carboxylic acid groups (broad SMARTS) is 2. The van der Waals surface area contributed by atoms with Crippen LogP contribution < -0.4 is 4.74 Å². The fourth-order valence-corrected chi connectivity index (χ4v) is 2.29. The summed E-state index contributed by atoms with van der Waals surface area (Å²) in [5.74, 6) is -2.72. The minimum Gasteiger partial charge on any atom is -0.491 e. The van der Waals surface area contributed by atoms with Gasteiger partial charge < -0.3 is 14.9 Å². The molecule has 1 aromatic heterocycles. The molecule has 2 N–H and O–H groups in total. The van der Waals surface area contributed by atoms with E-state index < -0.39 is 11.9 Å². The molecule has 26 heavy (non-hydrogen) atoms. The highest BCUT2D eigenvalue weighted by Gasteiger charge is 2.05. The molecular weight excluding hydrogens is 338 g/mol. The summed E-state index contributed by atoms with van der Waals surface area (Å²) >= 11 is 0. The molecule has 0 fully saturated rings. The van der Waals surface area contributed by atoms with E-state index in [-0.39, 0.29) is 0 Å². The van der Waals surface area contributed by atoms with Gasteiger partial charge in [0.25, 0.3) is 0 Å². The SMILES string of the molecule is Cc1ccc(OCCn2nnc3ccccc32)c(C)c1.O=C(O)C(=O)O. The number of aromatic nitrogens is 3. The van der Waals surface area contributed by atoms with Gasteiger partial charge in [0, 0.05) is 0 Å². The van der Waals surface area contributed by atoms with Gasteiger partial charge in [0.15, 0.2) is 0 Å². The van der Waals surface area contributed by atoms with Crippen molar-refractivity contribution in [2.45, 2.75) is 20.4 Å². The zero-order valence-electron chi connectivity index (χ0n) is 14.4. The number of hydrogen-bond donors (Lipinski definition) is 2. The number of carbonyl (C=O) groups is 2. The van der Waals surface area contributed by atoms with Crippen LogP contribution in [0, 0.1) is 13.8 Å². The van der Waals surface area contributed by atoms with E-state index in [0.717, 1.165) is 22.3 Å². The third-order valence-corrected chi connectivity index (χ3v) is 3.49. The molecule has 0 unspecified atom stereocenters. The Morgan fingerprint density at radius 1 is 1.08 bits per heavy atom. The van der Waals surface area contributed by atoms with Crippen molar-refractivity contribution in [2.24, 2.45) is 0 Å². The number of rotatable bonds is 4. The number of carboxylic acids is 2. The maximum atomic E-state index is 9.10. The molecule has 0 aliphatic carbocycles. The number of hydrogen-bond acceptors (Lipinski definition) is 5. The van der Waals surface area contributed by atoms with Gasteiger partial charge in [0.2, 0.25) is 0 Å². The van der Waals surface area contributed by atoms with Crippen LogP contribution in [0.15, 0.2) is 42.5 Å². The molecule has 0 saturated heterocycles. The molecule has 1 heterocycles. The molecule has 0 radical (unpaired) electrons. The molecule has 0 saturated carbocycles. The van der Waals surface area contributed by atoms with Crippen LogP contribution in [0.5, 0.6) is 5.75 Å². The number of ether oxygens (including phenoxy) is 1. The summed E-state index contributed by atoms with van der Waals surface area (Å²) < 4.78 is 7.70. The van der Waals surface area contributed by atoms with Crippen molar-refractivity contribution in [1.82, 2.24) is 15.0 Å². The summed E-state index contributed by atoms with van der Waals surface area (Å²) in [6.07, 6.45) is 0. The first kappa shape index (κ1) is 18.9. The van der Waals surface area contributed by atoms with E-state index >= 15 is 0 Å². The van der Waals surface area contributed by atoms with Crippen molar-refractivity contribution in [3.63, 3.8) is 0 Å². The summed E-state index contributed by atoms with van der Waals surface area (Å²) in [7, 11) is 0. The van der Waals surface area contributed by atoms with Gasteiger partial charge in [-0.1, -0.05) is 35.0 Å². The summed E-state index contributed by atoms with van der Waals surface area (Å²) in [5, 5.41) is 23.1. The lowest BCUT2D eigenvalue weighted by atomic mass is 10.1. The summed E-state index contributed by atoms with van der Waals surface area (Å²) in [4.78, 5) is 18.2. The van der Waals surface area contributed by atoms with Gasteiger partial charge in [0.1, 0.15) is 17.9 Å². The number of benzene rings is 2. The molecule has 0 aliphatic rings. The van der Waals surface area contributed by atoms with Crippen LogP contribution in [-0.2, 0) is 16.1 Å². The van der Waals surface area contributed by atoms with Crippen LogP contribution in [0.25, 0.3) is 11.0 Å². The van der Waals surface area contributed by atoms with Crippen molar-refractivity contribution in [3.05, 3.63) is 53.6 Å². The minimum absolute atomic E-state index is 0.581. The van der Waals surface area contributed by atoms with Crippen LogP contribution >= 0.6 is 0 Å². The zero-order valence-corrected chi connectivity index (χ0v) is 14.4. The van der Waals surface area contributed by atoms with E-state index in [2.05, 4.69) is 36.3 Å². The summed E-state index contributed by atoms with van der Waals surface area (Å²) in [6, 6.07) is 14.1. The molecule has 0 bridgehead atoms. The van der Waals surface area contributed by atoms with Gasteiger partial charge >= 0.3 is 11.9 Å². The zero-order chi connectivity index (χ0) is 19.1. The predicted octanol–water partition coefficient (Wildman–Crippen LogP) is 2.28. The Bertz CT molecular complexity index is 908. The second-order valence-corrected chi connectivity index (χ2v) is 5.53. The van der Waals surface area contributed by atoms with Crippen LogP contribution in [-0.4, -0.2) is 43.8 Å². The Labute approximate surface area is 149 Å². The van der Waals surface area contributed by atoms with Crippen LogP contribution in [0.3, 0.4) is 0 Å². The Balaban J connectivity index is 0.000000352. The highest BCUT2D eigenvalue weighted by atomic mass is 16.5. The van der Waals surface area contributed by atoms with E-state index in [0.29, 0.717) is 13.2 Å². The fraction of sp³-hybridized carbons (Fsp3) is 0.222. The maximum absolute atomic E-state index is 9.10. The lowest BCUT2D eigenvalue weighted by Crippen LogP contribution is -2.10. The van der Waals surface area contributed by atoms with Gasteiger partial charge in [-0.25, -0.2) is 14.3 Å². The van der Waals surface area contributed by atoms with Crippen molar-refractivity contribution in [2.75, 3.05) is 6.61 Å². The number of nitrogens with zero attached hydrogens (tertiary/aromatic N) is 3. The number of fused-ring (bicyclic) bond motifs is 1. The number of aryl methyl sites for hydroxylation is 2. The quantitative estimate of drug-likeness (QED) is 0.688. The number of aliphatic carboxylic acids is 2. The molecule has 136 valence electrons. The summed E-state index contributed by atoms with van der Waals surface area (Å²) in [5.41, 5.74) is 4.36. The molecule has 0 aliphatic heterocycles. The molecule has 8 heteroatoms.